The van der Waals surface area contributed by atoms with Crippen LogP contribution in [0.25, 0.3) is 10.9 Å². The third-order valence-corrected chi connectivity index (χ3v) is 5.84. The first-order chi connectivity index (χ1) is 10.7. The lowest BCUT2D eigenvalue weighted by Gasteiger charge is -2.15. The van der Waals surface area contributed by atoms with Crippen molar-refractivity contribution in [2.75, 3.05) is 6.61 Å². The minimum absolute atomic E-state index is 0.190. The molecule has 6 heteroatoms. The van der Waals surface area contributed by atoms with E-state index in [1.54, 1.807) is 10.7 Å². The molecule has 23 heavy (non-hydrogen) atoms. The van der Waals surface area contributed by atoms with Crippen molar-refractivity contribution in [2.24, 2.45) is 0 Å². The number of rotatable bonds is 7. The topological polar surface area (TPSA) is 36.3 Å². The van der Waals surface area contributed by atoms with Gasteiger partial charge in [0, 0.05) is 32.3 Å². The molecule has 0 aliphatic heterocycles. The van der Waals surface area contributed by atoms with E-state index in [1.165, 1.54) is 6.07 Å². The summed E-state index contributed by atoms with van der Waals surface area (Å²) >= 11 is 0. The van der Waals surface area contributed by atoms with E-state index in [9.17, 15) is 4.39 Å². The van der Waals surface area contributed by atoms with Crippen LogP contribution in [0, 0.1) is 5.82 Å². The highest BCUT2D eigenvalue weighted by Crippen LogP contribution is 2.40. The predicted octanol–water partition coefficient (Wildman–Crippen LogP) is 4.42. The van der Waals surface area contributed by atoms with Crippen LogP contribution < -0.4 is 4.74 Å². The number of benzene rings is 1. The third-order valence-electron chi connectivity index (χ3n) is 4.14. The van der Waals surface area contributed by atoms with E-state index in [0.29, 0.717) is 18.0 Å². The molecule has 1 heterocycles. The molecule has 1 aliphatic rings. The maximum Gasteiger partial charge on any atom is 0.167 e. The molecule has 1 aromatic heterocycles. The van der Waals surface area contributed by atoms with Crippen LogP contribution in [-0.4, -0.2) is 30.1 Å². The molecule has 2 aromatic rings. The van der Waals surface area contributed by atoms with Crippen molar-refractivity contribution in [1.82, 2.24) is 9.78 Å². The molecule has 0 bridgehead atoms. The van der Waals surface area contributed by atoms with Gasteiger partial charge >= 0.3 is 0 Å². The van der Waals surface area contributed by atoms with E-state index in [1.807, 2.05) is 13.1 Å². The SMILES string of the molecule is CC1(Oc2cc3cn(COCC[Si](C)(C)C)nc3cc2F)CC1. The molecule has 0 amide bonds. The van der Waals surface area contributed by atoms with Gasteiger partial charge in [-0.15, -0.1) is 0 Å². The summed E-state index contributed by atoms with van der Waals surface area (Å²) in [5, 5.41) is 5.24. The zero-order valence-electron chi connectivity index (χ0n) is 14.4. The number of ether oxygens (including phenoxy) is 2. The summed E-state index contributed by atoms with van der Waals surface area (Å²) in [7, 11) is -1.08. The molecule has 3 rings (SSSR count). The standard InChI is InChI=1S/C17H25FN2O2Si/c1-17(5-6-17)22-16-9-13-11-20(19-15(13)10-14(16)18)12-21-7-8-23(2,3)4/h9-11H,5-8,12H2,1-4H3. The van der Waals surface area contributed by atoms with Gasteiger partial charge in [-0.2, -0.15) is 5.10 Å². The van der Waals surface area contributed by atoms with Crippen LogP contribution in [0.4, 0.5) is 4.39 Å². The lowest BCUT2D eigenvalue weighted by molar-refractivity contribution is 0.0791. The lowest BCUT2D eigenvalue weighted by Crippen LogP contribution is -2.22. The molecule has 0 spiro atoms. The summed E-state index contributed by atoms with van der Waals surface area (Å²) in [5.41, 5.74) is 0.439. The highest BCUT2D eigenvalue weighted by Gasteiger charge is 2.40. The van der Waals surface area contributed by atoms with Crippen molar-refractivity contribution >= 4 is 19.0 Å². The highest BCUT2D eigenvalue weighted by molar-refractivity contribution is 6.76. The maximum atomic E-state index is 14.1. The molecule has 1 saturated carbocycles. The summed E-state index contributed by atoms with van der Waals surface area (Å²) in [6.45, 7) is 10.1. The Morgan fingerprint density at radius 1 is 1.30 bits per heavy atom. The molecule has 4 nitrogen and oxygen atoms in total. The molecular weight excluding hydrogens is 311 g/mol. The van der Waals surface area contributed by atoms with Gasteiger partial charge in [-0.1, -0.05) is 19.6 Å². The zero-order chi connectivity index (χ0) is 16.7. The Bertz CT molecular complexity index is 704. The molecule has 0 N–H and O–H groups in total. The van der Waals surface area contributed by atoms with Crippen LogP contribution >= 0.6 is 0 Å². The third kappa shape index (κ3) is 4.32. The Labute approximate surface area is 137 Å². The fourth-order valence-electron chi connectivity index (χ4n) is 2.30. The predicted molar refractivity (Wildman–Crippen MR) is 92.1 cm³/mol. The van der Waals surface area contributed by atoms with E-state index >= 15 is 0 Å². The molecule has 0 saturated heterocycles. The number of aromatic nitrogens is 2. The second kappa shape index (κ2) is 5.91. The monoisotopic (exact) mass is 336 g/mol. The average Bonchev–Trinajstić information content (AvgIpc) is 3.02. The maximum absolute atomic E-state index is 14.1. The van der Waals surface area contributed by atoms with Crippen LogP contribution in [0.3, 0.4) is 0 Å². The normalized spacial score (nSPS) is 16.7. The quantitative estimate of drug-likeness (QED) is 0.555. The number of nitrogens with zero attached hydrogens (tertiary/aromatic N) is 2. The molecule has 1 aromatic carbocycles. The van der Waals surface area contributed by atoms with Crippen LogP contribution in [0.1, 0.15) is 19.8 Å². The van der Waals surface area contributed by atoms with E-state index < -0.39 is 8.07 Å². The van der Waals surface area contributed by atoms with E-state index in [2.05, 4.69) is 24.7 Å². The van der Waals surface area contributed by atoms with Gasteiger partial charge in [-0.25, -0.2) is 9.07 Å². The van der Waals surface area contributed by atoms with Crippen molar-refractivity contribution in [3.63, 3.8) is 0 Å². The van der Waals surface area contributed by atoms with E-state index in [0.717, 1.165) is 30.9 Å². The summed E-state index contributed by atoms with van der Waals surface area (Å²) in [6.07, 6.45) is 3.84. The summed E-state index contributed by atoms with van der Waals surface area (Å²) in [5.74, 6) is -0.0350. The van der Waals surface area contributed by atoms with E-state index in [-0.39, 0.29) is 11.4 Å². The minimum atomic E-state index is -1.08. The van der Waals surface area contributed by atoms with Gasteiger partial charge in [0.15, 0.2) is 11.6 Å². The van der Waals surface area contributed by atoms with Gasteiger partial charge in [0.1, 0.15) is 12.3 Å². The fourth-order valence-corrected chi connectivity index (χ4v) is 3.06. The van der Waals surface area contributed by atoms with E-state index in [4.69, 9.17) is 9.47 Å². The van der Waals surface area contributed by atoms with Gasteiger partial charge in [-0.05, 0) is 31.9 Å². The van der Waals surface area contributed by atoms with Gasteiger partial charge in [0.25, 0.3) is 0 Å². The average molecular weight is 336 g/mol. The first-order valence-corrected chi connectivity index (χ1v) is 11.9. The first-order valence-electron chi connectivity index (χ1n) is 8.18. The van der Waals surface area contributed by atoms with Gasteiger partial charge in [0.05, 0.1) is 5.52 Å². The largest absolute Gasteiger partial charge is 0.484 e. The van der Waals surface area contributed by atoms with Gasteiger partial charge in [-0.3, -0.25) is 0 Å². The minimum Gasteiger partial charge on any atom is -0.484 e. The Kier molecular flexibility index (Phi) is 4.23. The molecule has 1 fully saturated rings. The molecule has 1 aliphatic carbocycles. The molecule has 0 unspecified atom stereocenters. The van der Waals surface area contributed by atoms with Crippen molar-refractivity contribution in [1.29, 1.82) is 0 Å². The number of hydrogen-bond donors (Lipinski definition) is 0. The van der Waals surface area contributed by atoms with Crippen LogP contribution in [-0.2, 0) is 11.5 Å². The molecule has 0 radical (unpaired) electrons. The van der Waals surface area contributed by atoms with Gasteiger partial charge in [0.2, 0.25) is 0 Å². The Balaban J connectivity index is 1.66. The molecular formula is C17H25FN2O2Si. The fraction of sp³-hybridized carbons (Fsp3) is 0.588. The number of hydrogen-bond acceptors (Lipinski definition) is 3. The molecule has 126 valence electrons. The van der Waals surface area contributed by atoms with Crippen LogP contribution in [0.5, 0.6) is 5.75 Å². The molecule has 0 atom stereocenters. The Morgan fingerprint density at radius 3 is 2.70 bits per heavy atom. The summed E-state index contributed by atoms with van der Waals surface area (Å²) in [6, 6.07) is 4.30. The van der Waals surface area contributed by atoms with Crippen molar-refractivity contribution in [3.05, 3.63) is 24.1 Å². The first kappa shape index (κ1) is 16.5. The highest BCUT2D eigenvalue weighted by atomic mass is 28.3. The number of halogens is 1. The van der Waals surface area contributed by atoms with Crippen LogP contribution in [0.15, 0.2) is 18.3 Å². The summed E-state index contributed by atoms with van der Waals surface area (Å²) < 4.78 is 27.3. The van der Waals surface area contributed by atoms with Crippen molar-refractivity contribution in [2.45, 2.75) is 57.8 Å². The van der Waals surface area contributed by atoms with Crippen LogP contribution in [0.2, 0.25) is 25.7 Å². The zero-order valence-corrected chi connectivity index (χ0v) is 15.4. The Morgan fingerprint density at radius 2 is 2.04 bits per heavy atom. The smallest absolute Gasteiger partial charge is 0.167 e. The second-order valence-corrected chi connectivity index (χ2v) is 13.5. The summed E-state index contributed by atoms with van der Waals surface area (Å²) in [4.78, 5) is 0. The lowest BCUT2D eigenvalue weighted by atomic mass is 10.2. The van der Waals surface area contributed by atoms with Gasteiger partial charge < -0.3 is 9.47 Å². The number of fused-ring (bicyclic) bond motifs is 1. The van der Waals surface area contributed by atoms with Crippen molar-refractivity contribution < 1.29 is 13.9 Å². The van der Waals surface area contributed by atoms with Crippen molar-refractivity contribution in [3.8, 4) is 5.75 Å². The second-order valence-electron chi connectivity index (χ2n) is 7.91. The Hall–Kier alpha value is -1.40.